The Morgan fingerprint density at radius 2 is 1.85 bits per heavy atom. The van der Waals surface area contributed by atoms with Crippen molar-refractivity contribution in [1.29, 1.82) is 0 Å². The Labute approximate surface area is 159 Å². The Hall–Kier alpha value is -2.58. The van der Waals surface area contributed by atoms with E-state index in [1.807, 2.05) is 38.2 Å². The number of carbonyl (C=O) groups is 1. The zero-order valence-electron chi connectivity index (χ0n) is 15.4. The van der Waals surface area contributed by atoms with Crippen molar-refractivity contribution in [1.82, 2.24) is 10.2 Å². The van der Waals surface area contributed by atoms with Crippen molar-refractivity contribution in [3.05, 3.63) is 59.7 Å². The summed E-state index contributed by atoms with van der Waals surface area (Å²) in [7, 11) is -1.83. The van der Waals surface area contributed by atoms with Gasteiger partial charge in [-0.05, 0) is 30.2 Å². The number of nitrogens with two attached hydrogens (primary N) is 1. The highest BCUT2D eigenvalue weighted by atomic mass is 32.2. The fourth-order valence-corrected chi connectivity index (χ4v) is 4.20. The average molecular weight is 388 g/mol. The maximum absolute atomic E-state index is 12.8. The van der Waals surface area contributed by atoms with Crippen molar-refractivity contribution in [2.45, 2.75) is 31.0 Å². The first-order valence-corrected chi connectivity index (χ1v) is 10.3. The van der Waals surface area contributed by atoms with Gasteiger partial charge in [-0.2, -0.15) is 0 Å². The number of hydrogen-bond donors (Lipinski definition) is 2. The second-order valence-corrected chi connectivity index (χ2v) is 8.33. The zero-order valence-corrected chi connectivity index (χ0v) is 16.2. The van der Waals surface area contributed by atoms with Crippen LogP contribution in [-0.2, 0) is 23.1 Å². The van der Waals surface area contributed by atoms with Gasteiger partial charge in [-0.1, -0.05) is 36.4 Å². The molecule has 0 aromatic heterocycles. The molecule has 0 spiro atoms. The monoisotopic (exact) mass is 388 g/mol. The quantitative estimate of drug-likeness (QED) is 0.839. The van der Waals surface area contributed by atoms with Gasteiger partial charge < -0.3 is 15.1 Å². The van der Waals surface area contributed by atoms with Crippen LogP contribution in [0.4, 0.5) is 10.5 Å². The number of likely N-dealkylation sites (N-methyl/N-ethyl adjacent to an activating group) is 1. The number of carbonyl (C=O) groups excluding carboxylic acids is 1. The maximum atomic E-state index is 12.8. The van der Waals surface area contributed by atoms with Gasteiger partial charge in [-0.15, -0.1) is 0 Å². The van der Waals surface area contributed by atoms with Gasteiger partial charge in [0.1, 0.15) is 0 Å². The lowest BCUT2D eigenvalue weighted by Gasteiger charge is -2.28. The molecule has 0 saturated heterocycles. The summed E-state index contributed by atoms with van der Waals surface area (Å²) < 4.78 is 23.4. The van der Waals surface area contributed by atoms with Crippen LogP contribution in [0.2, 0.25) is 0 Å². The number of nitrogens with one attached hydrogen (secondary N) is 1. The summed E-state index contributed by atoms with van der Waals surface area (Å²) in [6.07, 6.45) is 0. The maximum Gasteiger partial charge on any atom is 0.318 e. The molecule has 0 unspecified atom stereocenters. The molecule has 0 aliphatic carbocycles. The molecule has 1 aliphatic rings. The first-order chi connectivity index (χ1) is 12.8. The molecule has 3 N–H and O–H groups in total. The Morgan fingerprint density at radius 3 is 2.59 bits per heavy atom. The molecule has 144 valence electrons. The number of anilines is 1. The zero-order chi connectivity index (χ0) is 19.6. The molecular weight excluding hydrogens is 364 g/mol. The number of rotatable bonds is 3. The molecule has 2 aromatic carbocycles. The minimum Gasteiger partial charge on any atom is -0.372 e. The molecule has 2 aromatic rings. The normalized spacial score (nSPS) is 17.2. The lowest BCUT2D eigenvalue weighted by molar-refractivity contribution is 0.178. The minimum absolute atomic E-state index is 0.00381. The van der Waals surface area contributed by atoms with Crippen LogP contribution in [0, 0.1) is 0 Å². The van der Waals surface area contributed by atoms with E-state index in [0.29, 0.717) is 18.7 Å². The number of nitrogens with zero attached hydrogens (tertiary/aromatic N) is 2. The van der Waals surface area contributed by atoms with Crippen LogP contribution in [0.5, 0.6) is 0 Å². The van der Waals surface area contributed by atoms with Crippen LogP contribution in [0.1, 0.15) is 18.1 Å². The third-order valence-corrected chi connectivity index (χ3v) is 5.80. The van der Waals surface area contributed by atoms with Crippen molar-refractivity contribution in [2.24, 2.45) is 5.14 Å². The molecule has 3 rings (SSSR count). The molecule has 1 heterocycles. The molecule has 0 saturated carbocycles. The van der Waals surface area contributed by atoms with Gasteiger partial charge in [-0.25, -0.2) is 18.4 Å². The van der Waals surface area contributed by atoms with E-state index in [1.165, 1.54) is 6.07 Å². The van der Waals surface area contributed by atoms with Crippen molar-refractivity contribution in [2.75, 3.05) is 18.5 Å². The first-order valence-electron chi connectivity index (χ1n) is 8.71. The predicted octanol–water partition coefficient (Wildman–Crippen LogP) is 1.88. The van der Waals surface area contributed by atoms with E-state index in [9.17, 15) is 13.2 Å². The number of primary sulfonamides is 1. The number of hydrogen-bond acceptors (Lipinski definition) is 4. The van der Waals surface area contributed by atoms with E-state index in [4.69, 9.17) is 5.14 Å². The van der Waals surface area contributed by atoms with E-state index in [2.05, 4.69) is 10.2 Å². The average Bonchev–Trinajstić information content (AvgIpc) is 2.75. The summed E-state index contributed by atoms with van der Waals surface area (Å²) in [6.45, 7) is 3.29. The van der Waals surface area contributed by atoms with Gasteiger partial charge in [0.2, 0.25) is 10.0 Å². The van der Waals surface area contributed by atoms with Gasteiger partial charge in [0.05, 0.1) is 4.90 Å². The highest BCUT2D eigenvalue weighted by molar-refractivity contribution is 7.89. The number of amides is 2. The highest BCUT2D eigenvalue weighted by Crippen LogP contribution is 2.26. The third kappa shape index (κ3) is 4.23. The molecule has 0 radical (unpaired) electrons. The van der Waals surface area contributed by atoms with Gasteiger partial charge in [-0.3, -0.25) is 0 Å². The SMILES string of the molecule is C[C@H]1CN(C)c2ccccc2CN1C(=O)NCc1ccccc1S(N)(=O)=O. The topological polar surface area (TPSA) is 95.7 Å². The van der Waals surface area contributed by atoms with Crippen LogP contribution in [0.15, 0.2) is 53.4 Å². The van der Waals surface area contributed by atoms with Gasteiger partial charge in [0.15, 0.2) is 0 Å². The Balaban J connectivity index is 1.77. The molecule has 1 atom stereocenters. The van der Waals surface area contributed by atoms with Gasteiger partial charge >= 0.3 is 6.03 Å². The van der Waals surface area contributed by atoms with E-state index in [0.717, 1.165) is 11.3 Å². The number of benzene rings is 2. The number of fused-ring (bicyclic) bond motifs is 1. The van der Waals surface area contributed by atoms with Crippen molar-refractivity contribution >= 4 is 21.7 Å². The molecule has 27 heavy (non-hydrogen) atoms. The summed E-state index contributed by atoms with van der Waals surface area (Å²) in [5.74, 6) is 0. The summed E-state index contributed by atoms with van der Waals surface area (Å²) in [4.78, 5) is 16.8. The lowest BCUT2D eigenvalue weighted by atomic mass is 10.1. The predicted molar refractivity (Wildman–Crippen MR) is 105 cm³/mol. The number of sulfonamides is 1. The Bertz CT molecular complexity index is 945. The summed E-state index contributed by atoms with van der Waals surface area (Å²) in [5.41, 5.74) is 2.65. The fourth-order valence-electron chi connectivity index (χ4n) is 3.42. The standard InChI is InChI=1S/C19H24N4O3S/c1-14-12-22(2)17-9-5-3-8-16(17)13-23(14)19(24)21-11-15-7-4-6-10-18(15)27(20,25)26/h3-10,14H,11-13H2,1-2H3,(H,21,24)(H2,20,25,26)/t14-/m0/s1. The van der Waals surface area contributed by atoms with E-state index in [-0.39, 0.29) is 23.5 Å². The van der Waals surface area contributed by atoms with Crippen LogP contribution >= 0.6 is 0 Å². The summed E-state index contributed by atoms with van der Waals surface area (Å²) in [5, 5.41) is 8.09. The molecule has 2 amide bonds. The first kappa shape index (κ1) is 19.2. The second-order valence-electron chi connectivity index (χ2n) is 6.80. The van der Waals surface area contributed by atoms with Crippen LogP contribution in [0.25, 0.3) is 0 Å². The van der Waals surface area contributed by atoms with E-state index < -0.39 is 10.0 Å². The number of urea groups is 1. The smallest absolute Gasteiger partial charge is 0.318 e. The minimum atomic E-state index is -3.84. The number of para-hydroxylation sites is 1. The largest absolute Gasteiger partial charge is 0.372 e. The molecule has 0 bridgehead atoms. The third-order valence-electron chi connectivity index (χ3n) is 4.78. The lowest BCUT2D eigenvalue weighted by Crippen LogP contribution is -2.46. The van der Waals surface area contributed by atoms with E-state index in [1.54, 1.807) is 23.1 Å². The molecule has 8 heteroatoms. The van der Waals surface area contributed by atoms with Crippen LogP contribution in [0.3, 0.4) is 0 Å². The highest BCUT2D eigenvalue weighted by Gasteiger charge is 2.27. The molecule has 1 aliphatic heterocycles. The summed E-state index contributed by atoms with van der Waals surface area (Å²) >= 11 is 0. The molecular formula is C19H24N4O3S. The van der Waals surface area contributed by atoms with Crippen molar-refractivity contribution < 1.29 is 13.2 Å². The second kappa shape index (κ2) is 7.58. The Morgan fingerprint density at radius 1 is 1.19 bits per heavy atom. The van der Waals surface area contributed by atoms with Crippen LogP contribution < -0.4 is 15.4 Å². The molecule has 7 nitrogen and oxygen atoms in total. The summed E-state index contributed by atoms with van der Waals surface area (Å²) in [6, 6.07) is 14.2. The van der Waals surface area contributed by atoms with E-state index >= 15 is 0 Å². The Kier molecular flexibility index (Phi) is 5.38. The molecule has 0 fully saturated rings. The van der Waals surface area contributed by atoms with Crippen molar-refractivity contribution in [3.8, 4) is 0 Å². The van der Waals surface area contributed by atoms with Gasteiger partial charge in [0, 0.05) is 38.4 Å². The van der Waals surface area contributed by atoms with Crippen LogP contribution in [-0.4, -0.2) is 39.0 Å². The van der Waals surface area contributed by atoms with Crippen molar-refractivity contribution in [3.63, 3.8) is 0 Å². The fraction of sp³-hybridized carbons (Fsp3) is 0.316. The van der Waals surface area contributed by atoms with Gasteiger partial charge in [0.25, 0.3) is 0 Å².